The maximum atomic E-state index is 10.3. The summed E-state index contributed by atoms with van der Waals surface area (Å²) >= 11 is 0. The predicted molar refractivity (Wildman–Crippen MR) is 51.4 cm³/mol. The molecule has 1 fully saturated rings. The summed E-state index contributed by atoms with van der Waals surface area (Å²) in [5, 5.41) is 11.7. The molecule has 0 saturated heterocycles. The van der Waals surface area contributed by atoms with Crippen molar-refractivity contribution in [2.75, 3.05) is 0 Å². The molecular formula is C10H17NO2. The van der Waals surface area contributed by atoms with Gasteiger partial charge in [-0.25, -0.2) is 4.79 Å². The van der Waals surface area contributed by atoms with E-state index >= 15 is 0 Å². The molecule has 0 aromatic rings. The summed E-state index contributed by atoms with van der Waals surface area (Å²) in [5.74, 6) is -0.874. The zero-order chi connectivity index (χ0) is 9.68. The number of rotatable bonds is 3. The molecule has 1 aliphatic rings. The number of carboxylic acid groups (broad SMARTS) is 1. The summed E-state index contributed by atoms with van der Waals surface area (Å²) < 4.78 is 0. The largest absolute Gasteiger partial charge is 0.478 e. The molecule has 13 heavy (non-hydrogen) atoms. The summed E-state index contributed by atoms with van der Waals surface area (Å²) in [6, 6.07) is 0.490. The molecule has 0 unspecified atom stereocenters. The molecule has 1 saturated carbocycles. The summed E-state index contributed by atoms with van der Waals surface area (Å²) in [7, 11) is 0. The Bertz CT molecular complexity index is 205. The van der Waals surface area contributed by atoms with Gasteiger partial charge >= 0.3 is 5.97 Å². The van der Waals surface area contributed by atoms with Crippen LogP contribution < -0.4 is 5.32 Å². The van der Waals surface area contributed by atoms with Crippen LogP contribution in [0.5, 0.6) is 0 Å². The summed E-state index contributed by atoms with van der Waals surface area (Å²) in [6.07, 6.45) is 7.42. The van der Waals surface area contributed by atoms with Crippen LogP contribution >= 0.6 is 0 Å². The Morgan fingerprint density at radius 1 is 1.38 bits per heavy atom. The van der Waals surface area contributed by atoms with E-state index < -0.39 is 5.97 Å². The van der Waals surface area contributed by atoms with Crippen molar-refractivity contribution in [1.29, 1.82) is 0 Å². The molecule has 0 aromatic heterocycles. The molecule has 0 heterocycles. The van der Waals surface area contributed by atoms with E-state index in [1.165, 1.54) is 38.2 Å². The Labute approximate surface area is 78.8 Å². The van der Waals surface area contributed by atoms with Crippen molar-refractivity contribution in [1.82, 2.24) is 5.32 Å². The van der Waals surface area contributed by atoms with E-state index in [1.54, 1.807) is 0 Å². The highest BCUT2D eigenvalue weighted by molar-refractivity contribution is 5.80. The fourth-order valence-electron chi connectivity index (χ4n) is 1.80. The van der Waals surface area contributed by atoms with Crippen LogP contribution in [0.1, 0.15) is 39.0 Å². The minimum Gasteiger partial charge on any atom is -0.478 e. The van der Waals surface area contributed by atoms with Crippen LogP contribution in [0.25, 0.3) is 0 Å². The highest BCUT2D eigenvalue weighted by Crippen LogP contribution is 2.18. The van der Waals surface area contributed by atoms with Gasteiger partial charge in [0, 0.05) is 17.8 Å². The number of allylic oxidation sites excluding steroid dienone is 1. The molecule has 1 aliphatic carbocycles. The average molecular weight is 183 g/mol. The monoisotopic (exact) mass is 183 g/mol. The maximum Gasteiger partial charge on any atom is 0.330 e. The van der Waals surface area contributed by atoms with E-state index in [-0.39, 0.29) is 0 Å². The zero-order valence-electron chi connectivity index (χ0n) is 8.05. The lowest BCUT2D eigenvalue weighted by Crippen LogP contribution is -2.29. The van der Waals surface area contributed by atoms with E-state index in [4.69, 9.17) is 5.11 Å². The van der Waals surface area contributed by atoms with E-state index in [1.807, 2.05) is 6.92 Å². The van der Waals surface area contributed by atoms with Gasteiger partial charge in [0.15, 0.2) is 0 Å². The van der Waals surface area contributed by atoms with Crippen molar-refractivity contribution in [3.05, 3.63) is 11.8 Å². The molecule has 0 atom stereocenters. The summed E-state index contributed by atoms with van der Waals surface area (Å²) in [6.45, 7) is 1.81. The zero-order valence-corrected chi connectivity index (χ0v) is 8.05. The van der Waals surface area contributed by atoms with Crippen molar-refractivity contribution < 1.29 is 9.90 Å². The van der Waals surface area contributed by atoms with Crippen LogP contribution in [-0.4, -0.2) is 17.1 Å². The first-order valence-corrected chi connectivity index (χ1v) is 4.86. The van der Waals surface area contributed by atoms with Gasteiger partial charge in [0.2, 0.25) is 0 Å². The van der Waals surface area contributed by atoms with Gasteiger partial charge in [-0.1, -0.05) is 19.3 Å². The van der Waals surface area contributed by atoms with Crippen molar-refractivity contribution >= 4 is 5.97 Å². The number of carboxylic acids is 1. The molecule has 0 radical (unpaired) electrons. The SMILES string of the molecule is CC(=CC(=O)O)NC1CCCCC1. The Hall–Kier alpha value is -0.990. The molecular weight excluding hydrogens is 166 g/mol. The smallest absolute Gasteiger partial charge is 0.330 e. The van der Waals surface area contributed by atoms with E-state index in [0.717, 1.165) is 5.70 Å². The normalized spacial score (nSPS) is 19.9. The van der Waals surface area contributed by atoms with E-state index in [2.05, 4.69) is 5.32 Å². The highest BCUT2D eigenvalue weighted by Gasteiger charge is 2.12. The minimum absolute atomic E-state index is 0.490. The van der Waals surface area contributed by atoms with Crippen molar-refractivity contribution in [2.24, 2.45) is 0 Å². The number of hydrogen-bond acceptors (Lipinski definition) is 2. The van der Waals surface area contributed by atoms with Crippen LogP contribution in [0, 0.1) is 0 Å². The number of nitrogens with one attached hydrogen (secondary N) is 1. The maximum absolute atomic E-state index is 10.3. The first-order valence-electron chi connectivity index (χ1n) is 4.86. The fourth-order valence-corrected chi connectivity index (χ4v) is 1.80. The van der Waals surface area contributed by atoms with Crippen LogP contribution in [0.15, 0.2) is 11.8 Å². The van der Waals surface area contributed by atoms with Gasteiger partial charge in [0.25, 0.3) is 0 Å². The number of carbonyl (C=O) groups is 1. The third-order valence-corrected chi connectivity index (χ3v) is 2.38. The van der Waals surface area contributed by atoms with Crippen molar-refractivity contribution in [2.45, 2.75) is 45.1 Å². The Morgan fingerprint density at radius 2 is 2.00 bits per heavy atom. The molecule has 0 amide bonds. The number of aliphatic carboxylic acids is 1. The van der Waals surface area contributed by atoms with Gasteiger partial charge in [0.1, 0.15) is 0 Å². The lowest BCUT2D eigenvalue weighted by Gasteiger charge is -2.23. The Kier molecular flexibility index (Phi) is 3.80. The Morgan fingerprint density at radius 3 is 2.54 bits per heavy atom. The minimum atomic E-state index is -0.874. The molecule has 74 valence electrons. The first kappa shape index (κ1) is 10.1. The molecule has 2 N–H and O–H groups in total. The van der Waals surface area contributed by atoms with Crippen LogP contribution in [0.4, 0.5) is 0 Å². The van der Waals surface area contributed by atoms with Crippen LogP contribution in [-0.2, 0) is 4.79 Å². The molecule has 3 nitrogen and oxygen atoms in total. The molecule has 0 aromatic carbocycles. The second kappa shape index (κ2) is 4.90. The predicted octanol–water partition coefficient (Wildman–Crippen LogP) is 1.90. The standard InChI is InChI=1S/C10H17NO2/c1-8(7-10(12)13)11-9-5-3-2-4-6-9/h7,9,11H,2-6H2,1H3,(H,12,13). The molecule has 3 heteroatoms. The Balaban J connectivity index is 2.33. The summed E-state index contributed by atoms with van der Waals surface area (Å²) in [4.78, 5) is 10.3. The van der Waals surface area contributed by atoms with Crippen LogP contribution in [0.3, 0.4) is 0 Å². The third kappa shape index (κ3) is 3.97. The quantitative estimate of drug-likeness (QED) is 0.657. The number of hydrogen-bond donors (Lipinski definition) is 2. The average Bonchev–Trinajstić information content (AvgIpc) is 2.04. The molecule has 0 aliphatic heterocycles. The van der Waals surface area contributed by atoms with Gasteiger partial charge in [0.05, 0.1) is 0 Å². The second-order valence-electron chi connectivity index (χ2n) is 3.64. The first-order chi connectivity index (χ1) is 6.18. The molecule has 0 spiro atoms. The van der Waals surface area contributed by atoms with Crippen molar-refractivity contribution in [3.63, 3.8) is 0 Å². The van der Waals surface area contributed by atoms with E-state index in [9.17, 15) is 4.79 Å². The van der Waals surface area contributed by atoms with Gasteiger partial charge in [-0.2, -0.15) is 0 Å². The second-order valence-corrected chi connectivity index (χ2v) is 3.64. The van der Waals surface area contributed by atoms with Gasteiger partial charge in [-0.05, 0) is 19.8 Å². The van der Waals surface area contributed by atoms with Gasteiger partial charge in [-0.3, -0.25) is 0 Å². The third-order valence-electron chi connectivity index (χ3n) is 2.38. The van der Waals surface area contributed by atoms with Crippen LogP contribution in [0.2, 0.25) is 0 Å². The molecule has 1 rings (SSSR count). The van der Waals surface area contributed by atoms with Gasteiger partial charge in [-0.15, -0.1) is 0 Å². The van der Waals surface area contributed by atoms with Gasteiger partial charge < -0.3 is 10.4 Å². The van der Waals surface area contributed by atoms with E-state index in [0.29, 0.717) is 6.04 Å². The topological polar surface area (TPSA) is 49.3 Å². The van der Waals surface area contributed by atoms with Crippen molar-refractivity contribution in [3.8, 4) is 0 Å². The molecule has 0 bridgehead atoms. The lowest BCUT2D eigenvalue weighted by molar-refractivity contribution is -0.131. The highest BCUT2D eigenvalue weighted by atomic mass is 16.4. The summed E-state index contributed by atoms with van der Waals surface area (Å²) in [5.41, 5.74) is 0.763. The lowest BCUT2D eigenvalue weighted by atomic mass is 9.95. The fraction of sp³-hybridized carbons (Fsp3) is 0.700.